The van der Waals surface area contributed by atoms with Gasteiger partial charge in [-0.2, -0.15) is 0 Å². The average Bonchev–Trinajstić information content (AvgIpc) is 2.51. The lowest BCUT2D eigenvalue weighted by Gasteiger charge is -2.09. The van der Waals surface area contributed by atoms with Crippen LogP contribution in [0.15, 0.2) is 47.6 Å². The van der Waals surface area contributed by atoms with Crippen LogP contribution in [0.25, 0.3) is 0 Å². The number of aryl methyl sites for hydroxylation is 1. The predicted octanol–water partition coefficient (Wildman–Crippen LogP) is 3.93. The zero-order valence-corrected chi connectivity index (χ0v) is 12.6. The van der Waals surface area contributed by atoms with Crippen LogP contribution >= 0.6 is 0 Å². The molecule has 2 aromatic carbocycles. The van der Waals surface area contributed by atoms with E-state index in [0.717, 1.165) is 12.0 Å². The van der Waals surface area contributed by atoms with Gasteiger partial charge in [-0.25, -0.2) is 0 Å². The number of hydrogen-bond acceptors (Lipinski definition) is 3. The molecule has 1 N–H and O–H groups in total. The molecule has 0 aliphatic carbocycles. The Balaban J connectivity index is 2.20. The summed E-state index contributed by atoms with van der Waals surface area (Å²) in [5, 5.41) is 11.6. The summed E-state index contributed by atoms with van der Waals surface area (Å²) in [7, 11) is 0. The van der Waals surface area contributed by atoms with Crippen LogP contribution in [0.2, 0.25) is 0 Å². The molecule has 0 saturated heterocycles. The van der Waals surface area contributed by atoms with Crippen LogP contribution in [-0.2, 0) is 6.42 Å². The van der Waals surface area contributed by atoms with Crippen molar-refractivity contribution in [2.75, 3.05) is 0 Å². The van der Waals surface area contributed by atoms with Crippen molar-refractivity contribution in [3.05, 3.63) is 70.3 Å². The van der Waals surface area contributed by atoms with Gasteiger partial charge in [-0.15, -0.1) is 0 Å². The molecule has 0 saturated carbocycles. The van der Waals surface area contributed by atoms with Crippen molar-refractivity contribution in [1.29, 1.82) is 0 Å². The van der Waals surface area contributed by atoms with Crippen molar-refractivity contribution in [3.8, 4) is 0 Å². The normalized spacial score (nSPS) is 11.5. The van der Waals surface area contributed by atoms with Crippen molar-refractivity contribution in [1.82, 2.24) is 0 Å². The summed E-state index contributed by atoms with van der Waals surface area (Å²) in [4.78, 5) is 11.9. The van der Waals surface area contributed by atoms with E-state index in [-0.39, 0.29) is 11.5 Å². The molecule has 0 fully saturated rings. The van der Waals surface area contributed by atoms with Gasteiger partial charge in [0.25, 0.3) is 0 Å². The Morgan fingerprint density at radius 1 is 1.10 bits per heavy atom. The molecule has 0 radical (unpaired) electrons. The molecule has 3 heteroatoms. The van der Waals surface area contributed by atoms with E-state index in [4.69, 9.17) is 5.21 Å². The zero-order chi connectivity index (χ0) is 15.4. The smallest absolute Gasteiger partial charge is 0.210 e. The molecule has 2 rings (SSSR count). The van der Waals surface area contributed by atoms with Crippen LogP contribution in [0.1, 0.15) is 39.5 Å². The van der Waals surface area contributed by atoms with Crippen LogP contribution in [0.5, 0.6) is 0 Å². The van der Waals surface area contributed by atoms with Crippen molar-refractivity contribution in [3.63, 3.8) is 0 Å². The summed E-state index contributed by atoms with van der Waals surface area (Å²) in [5.41, 5.74) is 5.67. The number of oxime groups is 1. The number of carbonyl (C=O) groups is 1. The molecule has 0 aliphatic heterocycles. The third-order valence-electron chi connectivity index (χ3n) is 3.81. The van der Waals surface area contributed by atoms with E-state index < -0.39 is 0 Å². The van der Waals surface area contributed by atoms with Crippen molar-refractivity contribution in [2.24, 2.45) is 5.16 Å². The van der Waals surface area contributed by atoms with Crippen molar-refractivity contribution >= 4 is 11.5 Å². The fourth-order valence-corrected chi connectivity index (χ4v) is 2.25. The summed E-state index contributed by atoms with van der Waals surface area (Å²) < 4.78 is 0. The first kappa shape index (κ1) is 15.0. The second-order valence-electron chi connectivity index (χ2n) is 5.25. The lowest BCUT2D eigenvalue weighted by molar-refractivity contribution is 0.106. The van der Waals surface area contributed by atoms with Gasteiger partial charge in [0.15, 0.2) is 0 Å². The minimum absolute atomic E-state index is 0.0947. The van der Waals surface area contributed by atoms with E-state index in [2.05, 4.69) is 37.2 Å². The molecule has 0 aliphatic rings. The Labute approximate surface area is 124 Å². The van der Waals surface area contributed by atoms with Crippen LogP contribution in [0.3, 0.4) is 0 Å². The Morgan fingerprint density at radius 3 is 2.38 bits per heavy atom. The third-order valence-corrected chi connectivity index (χ3v) is 3.81. The molecule has 0 atom stereocenters. The largest absolute Gasteiger partial charge is 0.411 e. The number of hydrogen-bond donors (Lipinski definition) is 1. The van der Waals surface area contributed by atoms with Gasteiger partial charge in [-0.05, 0) is 49.4 Å². The van der Waals surface area contributed by atoms with E-state index in [0.29, 0.717) is 5.56 Å². The molecule has 0 heterocycles. The predicted molar refractivity (Wildman–Crippen MR) is 84.4 cm³/mol. The molecular formula is C18H19NO2. The van der Waals surface area contributed by atoms with E-state index in [9.17, 15) is 4.79 Å². The molecule has 2 aromatic rings. The van der Waals surface area contributed by atoms with Crippen LogP contribution < -0.4 is 0 Å². The van der Waals surface area contributed by atoms with Crippen molar-refractivity contribution in [2.45, 2.75) is 27.2 Å². The summed E-state index contributed by atoms with van der Waals surface area (Å²) in [6, 6.07) is 13.7. The average molecular weight is 281 g/mol. The first-order valence-corrected chi connectivity index (χ1v) is 6.90. The van der Waals surface area contributed by atoms with E-state index in [1.807, 2.05) is 12.1 Å². The maximum Gasteiger partial charge on any atom is 0.210 e. The fraction of sp³-hybridized carbons (Fsp3) is 0.222. The second-order valence-corrected chi connectivity index (χ2v) is 5.25. The summed E-state index contributed by atoms with van der Waals surface area (Å²) in [5.74, 6) is -0.254. The molecule has 0 bridgehead atoms. The second kappa shape index (κ2) is 6.35. The zero-order valence-electron chi connectivity index (χ0n) is 12.6. The standard InChI is InChI=1S/C18H19NO2/c1-12-5-4-6-17(13(12)2)11-15-7-9-16(10-8-15)18(20)14(3)19-21/h4-10,21H,11H2,1-3H3/b19-14-. The first-order chi connectivity index (χ1) is 10.0. The third kappa shape index (κ3) is 3.37. The topological polar surface area (TPSA) is 49.7 Å². The molecule has 0 unspecified atom stereocenters. The first-order valence-electron chi connectivity index (χ1n) is 6.90. The number of nitrogens with zero attached hydrogens (tertiary/aromatic N) is 1. The molecule has 0 amide bonds. The van der Waals surface area contributed by atoms with Gasteiger partial charge in [0.2, 0.25) is 5.78 Å². The number of rotatable bonds is 4. The number of ketones is 1. The summed E-state index contributed by atoms with van der Waals surface area (Å²) in [6.07, 6.45) is 0.842. The number of carbonyl (C=O) groups excluding carboxylic acids is 1. The molecule has 21 heavy (non-hydrogen) atoms. The van der Waals surface area contributed by atoms with Gasteiger partial charge < -0.3 is 5.21 Å². The van der Waals surface area contributed by atoms with E-state index in [1.165, 1.54) is 23.6 Å². The molecule has 108 valence electrons. The van der Waals surface area contributed by atoms with Gasteiger partial charge in [-0.3, -0.25) is 4.79 Å². The molecule has 0 aromatic heterocycles. The van der Waals surface area contributed by atoms with Gasteiger partial charge >= 0.3 is 0 Å². The van der Waals surface area contributed by atoms with Gasteiger partial charge in [0.1, 0.15) is 5.71 Å². The molecular weight excluding hydrogens is 262 g/mol. The van der Waals surface area contributed by atoms with E-state index in [1.54, 1.807) is 12.1 Å². The lowest BCUT2D eigenvalue weighted by Crippen LogP contribution is -2.10. The highest BCUT2D eigenvalue weighted by atomic mass is 16.4. The maximum absolute atomic E-state index is 11.9. The maximum atomic E-state index is 11.9. The highest BCUT2D eigenvalue weighted by Crippen LogP contribution is 2.17. The highest BCUT2D eigenvalue weighted by Gasteiger charge is 2.10. The minimum Gasteiger partial charge on any atom is -0.411 e. The van der Waals surface area contributed by atoms with Gasteiger partial charge in [0, 0.05) is 5.56 Å². The van der Waals surface area contributed by atoms with Crippen molar-refractivity contribution < 1.29 is 10.0 Å². The Morgan fingerprint density at radius 2 is 1.76 bits per heavy atom. The summed E-state index contributed by atoms with van der Waals surface area (Å²) >= 11 is 0. The molecule has 3 nitrogen and oxygen atoms in total. The Kier molecular flexibility index (Phi) is 4.53. The monoisotopic (exact) mass is 281 g/mol. The minimum atomic E-state index is -0.254. The van der Waals surface area contributed by atoms with Crippen LogP contribution in [-0.4, -0.2) is 16.7 Å². The SMILES string of the molecule is C/C(=N/O)C(=O)c1ccc(Cc2cccc(C)c2C)cc1. The Hall–Kier alpha value is -2.42. The van der Waals surface area contributed by atoms with Gasteiger partial charge in [-0.1, -0.05) is 47.6 Å². The van der Waals surface area contributed by atoms with Crippen LogP contribution in [0, 0.1) is 13.8 Å². The summed E-state index contributed by atoms with van der Waals surface area (Å²) in [6.45, 7) is 5.73. The quantitative estimate of drug-likeness (QED) is 0.399. The molecule has 0 spiro atoms. The lowest BCUT2D eigenvalue weighted by atomic mass is 9.96. The van der Waals surface area contributed by atoms with Gasteiger partial charge in [0.05, 0.1) is 0 Å². The van der Waals surface area contributed by atoms with Crippen LogP contribution in [0.4, 0.5) is 0 Å². The highest BCUT2D eigenvalue weighted by molar-refractivity contribution is 6.45. The number of Topliss-reactive ketones (excluding diaryl/α,β-unsaturated/α-hetero) is 1. The number of benzene rings is 2. The van der Waals surface area contributed by atoms with E-state index >= 15 is 0 Å². The Bertz CT molecular complexity index is 685. The fourth-order valence-electron chi connectivity index (χ4n) is 2.25.